The van der Waals surface area contributed by atoms with Gasteiger partial charge in [-0.25, -0.2) is 4.68 Å². The van der Waals surface area contributed by atoms with Gasteiger partial charge in [-0.05, 0) is 66.9 Å². The Labute approximate surface area is 237 Å². The summed E-state index contributed by atoms with van der Waals surface area (Å²) < 4.78 is 23.5. The summed E-state index contributed by atoms with van der Waals surface area (Å²) in [7, 11) is 4.63. The average Bonchev–Trinajstić information content (AvgIpc) is 3.69. The molecule has 41 heavy (non-hydrogen) atoms. The number of anilines is 1. The van der Waals surface area contributed by atoms with Gasteiger partial charge in [0, 0.05) is 18.8 Å². The molecule has 2 atom stereocenters. The van der Waals surface area contributed by atoms with Gasteiger partial charge in [0.15, 0.2) is 11.5 Å². The van der Waals surface area contributed by atoms with Gasteiger partial charge in [0.2, 0.25) is 11.8 Å². The topological polar surface area (TPSA) is 117 Å². The number of nitrogens with one attached hydrogen (secondary N) is 1. The highest BCUT2D eigenvalue weighted by molar-refractivity contribution is 6.01. The lowest BCUT2D eigenvalue weighted by molar-refractivity contribution is -0.127. The Kier molecular flexibility index (Phi) is 8.64. The summed E-state index contributed by atoms with van der Waals surface area (Å²) in [6.07, 6.45) is 1.74. The van der Waals surface area contributed by atoms with Gasteiger partial charge < -0.3 is 24.3 Å². The molecule has 1 aliphatic rings. The van der Waals surface area contributed by atoms with Crippen LogP contribution in [-0.4, -0.2) is 67.4 Å². The maximum Gasteiger partial charge on any atom is 0.249 e. The summed E-state index contributed by atoms with van der Waals surface area (Å²) in [5, 5.41) is 11.4. The second kappa shape index (κ2) is 12.7. The zero-order chi connectivity index (χ0) is 28.8. The van der Waals surface area contributed by atoms with Crippen molar-refractivity contribution in [2.24, 2.45) is 0 Å². The second-order valence-corrected chi connectivity index (χ2v) is 9.59. The van der Waals surface area contributed by atoms with E-state index < -0.39 is 6.04 Å². The first kappa shape index (κ1) is 27.9. The molecule has 0 bridgehead atoms. The summed E-state index contributed by atoms with van der Waals surface area (Å²) in [6, 6.07) is 18.5. The first-order chi connectivity index (χ1) is 20.0. The Morgan fingerprint density at radius 3 is 2.51 bits per heavy atom. The van der Waals surface area contributed by atoms with Crippen LogP contribution in [0.4, 0.5) is 5.69 Å². The number of hydrogen-bond acceptors (Lipinski definition) is 8. The van der Waals surface area contributed by atoms with Crippen molar-refractivity contribution < 1.29 is 28.5 Å². The molecule has 3 aromatic carbocycles. The Morgan fingerprint density at radius 1 is 1.02 bits per heavy atom. The van der Waals surface area contributed by atoms with Crippen molar-refractivity contribution in [2.45, 2.75) is 31.5 Å². The van der Waals surface area contributed by atoms with Crippen LogP contribution in [0.15, 0.2) is 66.7 Å². The number of ether oxygens (including phenoxy) is 4. The molecular formula is C30H33N5O6. The summed E-state index contributed by atoms with van der Waals surface area (Å²) >= 11 is 0. The van der Waals surface area contributed by atoms with Crippen LogP contribution in [0.1, 0.15) is 24.4 Å². The molecule has 2 heterocycles. The number of rotatable bonds is 11. The van der Waals surface area contributed by atoms with E-state index >= 15 is 0 Å². The van der Waals surface area contributed by atoms with E-state index in [9.17, 15) is 9.59 Å². The maximum absolute atomic E-state index is 14.2. The minimum atomic E-state index is -1.05. The summed E-state index contributed by atoms with van der Waals surface area (Å²) in [4.78, 5) is 29.7. The number of fused-ring (bicyclic) bond motifs is 1. The molecule has 0 aliphatic carbocycles. The van der Waals surface area contributed by atoms with Crippen molar-refractivity contribution in [2.75, 3.05) is 39.4 Å². The first-order valence-corrected chi connectivity index (χ1v) is 13.4. The smallest absolute Gasteiger partial charge is 0.249 e. The van der Waals surface area contributed by atoms with E-state index in [0.717, 1.165) is 12.8 Å². The number of carbonyl (C=O) groups excluding carboxylic acids is 2. The lowest BCUT2D eigenvalue weighted by Crippen LogP contribution is -2.46. The van der Waals surface area contributed by atoms with Crippen LogP contribution in [0.3, 0.4) is 0 Å². The van der Waals surface area contributed by atoms with Gasteiger partial charge in [-0.15, -0.1) is 5.10 Å². The van der Waals surface area contributed by atoms with E-state index in [0.29, 0.717) is 52.7 Å². The highest BCUT2D eigenvalue weighted by Crippen LogP contribution is 2.35. The molecule has 1 fully saturated rings. The molecule has 1 aliphatic heterocycles. The molecule has 0 spiro atoms. The fraction of sp³-hybridized carbons (Fsp3) is 0.333. The zero-order valence-corrected chi connectivity index (χ0v) is 23.3. The molecule has 5 rings (SSSR count). The lowest BCUT2D eigenvalue weighted by Gasteiger charge is -2.32. The largest absolute Gasteiger partial charge is 0.497 e. The fourth-order valence-corrected chi connectivity index (χ4v) is 4.98. The Balaban J connectivity index is 1.57. The van der Waals surface area contributed by atoms with E-state index in [1.165, 1.54) is 16.7 Å². The van der Waals surface area contributed by atoms with Crippen molar-refractivity contribution in [1.82, 2.24) is 20.3 Å². The molecule has 4 aromatic rings. The predicted octanol–water partition coefficient (Wildman–Crippen LogP) is 3.53. The van der Waals surface area contributed by atoms with Crippen molar-refractivity contribution in [1.29, 1.82) is 0 Å². The predicted molar refractivity (Wildman–Crippen MR) is 152 cm³/mol. The second-order valence-electron chi connectivity index (χ2n) is 9.59. The van der Waals surface area contributed by atoms with E-state index in [4.69, 9.17) is 18.9 Å². The van der Waals surface area contributed by atoms with Crippen LogP contribution >= 0.6 is 0 Å². The number of para-hydroxylation sites is 1. The first-order valence-electron chi connectivity index (χ1n) is 13.4. The van der Waals surface area contributed by atoms with Gasteiger partial charge in [-0.3, -0.25) is 14.5 Å². The van der Waals surface area contributed by atoms with E-state index in [1.54, 1.807) is 56.7 Å². The van der Waals surface area contributed by atoms with E-state index in [1.807, 2.05) is 24.3 Å². The van der Waals surface area contributed by atoms with Crippen LogP contribution < -0.4 is 24.4 Å². The quantitative estimate of drug-likeness (QED) is 0.297. The highest BCUT2D eigenvalue weighted by atomic mass is 16.5. The fourth-order valence-electron chi connectivity index (χ4n) is 4.98. The normalized spacial score (nSPS) is 15.3. The Morgan fingerprint density at radius 2 is 1.80 bits per heavy atom. The van der Waals surface area contributed by atoms with E-state index in [-0.39, 0.29) is 24.5 Å². The minimum Gasteiger partial charge on any atom is -0.497 e. The van der Waals surface area contributed by atoms with Crippen LogP contribution in [0, 0.1) is 0 Å². The molecule has 2 amide bonds. The molecule has 1 N–H and O–H groups in total. The number of carbonyl (C=O) groups is 2. The molecule has 11 nitrogen and oxygen atoms in total. The third-order valence-electron chi connectivity index (χ3n) is 7.08. The van der Waals surface area contributed by atoms with Crippen LogP contribution in [0.25, 0.3) is 11.0 Å². The van der Waals surface area contributed by atoms with Gasteiger partial charge in [0.05, 0.1) is 33.0 Å². The van der Waals surface area contributed by atoms with Crippen LogP contribution in [0.2, 0.25) is 0 Å². The van der Waals surface area contributed by atoms with Gasteiger partial charge in [-0.2, -0.15) is 0 Å². The molecule has 11 heteroatoms. The van der Waals surface area contributed by atoms with E-state index in [2.05, 4.69) is 15.6 Å². The van der Waals surface area contributed by atoms with Gasteiger partial charge in [-0.1, -0.05) is 23.4 Å². The molecule has 1 aromatic heterocycles. The number of aromatic nitrogens is 3. The molecule has 214 valence electrons. The standard InChI is InChI=1S/C30H33N5O6/c1-38-22-13-11-21(12-14-22)35(28(36)19-34-25-9-5-4-8-24(25)32-33-34)29(30(37)31-18-23-7-6-16-41-23)20-10-15-26(39-2)27(17-20)40-3/h4-5,8-15,17,23,29H,6-7,16,18-19H2,1-3H3,(H,31,37)/t23-,29+/m0/s1. The third-order valence-corrected chi connectivity index (χ3v) is 7.08. The van der Waals surface area contributed by atoms with Gasteiger partial charge >= 0.3 is 0 Å². The number of nitrogens with zero attached hydrogens (tertiary/aromatic N) is 4. The molecular weight excluding hydrogens is 526 g/mol. The number of amides is 2. The minimum absolute atomic E-state index is 0.0725. The van der Waals surface area contributed by atoms with Crippen LogP contribution in [-0.2, 0) is 20.9 Å². The lowest BCUT2D eigenvalue weighted by atomic mass is 10.0. The monoisotopic (exact) mass is 559 g/mol. The summed E-state index contributed by atoms with van der Waals surface area (Å²) in [5.74, 6) is 0.838. The van der Waals surface area contributed by atoms with Crippen molar-refractivity contribution >= 4 is 28.5 Å². The van der Waals surface area contributed by atoms with Crippen molar-refractivity contribution in [3.8, 4) is 17.2 Å². The van der Waals surface area contributed by atoms with Gasteiger partial charge in [0.25, 0.3) is 0 Å². The Hall–Kier alpha value is -4.64. The SMILES string of the molecule is COc1ccc(N(C(=O)Cn2nnc3ccccc32)[C@@H](C(=O)NC[C@@H]2CCCO2)c2ccc(OC)c(OC)c2)cc1. The molecule has 0 unspecified atom stereocenters. The Bertz CT molecular complexity index is 1500. The number of benzene rings is 3. The van der Waals surface area contributed by atoms with Gasteiger partial charge in [0.1, 0.15) is 23.9 Å². The average molecular weight is 560 g/mol. The highest BCUT2D eigenvalue weighted by Gasteiger charge is 2.34. The van der Waals surface area contributed by atoms with Crippen molar-refractivity contribution in [3.05, 3.63) is 72.3 Å². The zero-order valence-electron chi connectivity index (χ0n) is 23.3. The number of methoxy groups -OCH3 is 3. The maximum atomic E-state index is 14.2. The van der Waals surface area contributed by atoms with Crippen LogP contribution in [0.5, 0.6) is 17.2 Å². The molecule has 0 saturated carbocycles. The summed E-state index contributed by atoms with van der Waals surface area (Å²) in [5.41, 5.74) is 2.43. The third kappa shape index (κ3) is 6.09. The van der Waals surface area contributed by atoms with Crippen molar-refractivity contribution in [3.63, 3.8) is 0 Å². The molecule has 0 radical (unpaired) electrons. The molecule has 1 saturated heterocycles. The summed E-state index contributed by atoms with van der Waals surface area (Å²) in [6.45, 7) is 0.859. The number of hydrogen-bond donors (Lipinski definition) is 1.